The van der Waals surface area contributed by atoms with Crippen molar-refractivity contribution in [2.45, 2.75) is 26.9 Å². The summed E-state index contributed by atoms with van der Waals surface area (Å²) in [6, 6.07) is 7.17. The summed E-state index contributed by atoms with van der Waals surface area (Å²) < 4.78 is 52.9. The predicted octanol–water partition coefficient (Wildman–Crippen LogP) is 6.12. The topological polar surface area (TPSA) is 57.7 Å². The van der Waals surface area contributed by atoms with E-state index in [0.29, 0.717) is 12.1 Å². The number of esters is 1. The molecule has 0 N–H and O–H groups in total. The van der Waals surface area contributed by atoms with Crippen LogP contribution in [0.5, 0.6) is 23.1 Å². The summed E-state index contributed by atoms with van der Waals surface area (Å²) >= 11 is 5.91. The molecule has 1 aromatic heterocycles. The van der Waals surface area contributed by atoms with Crippen LogP contribution in [0.2, 0.25) is 5.02 Å². The summed E-state index contributed by atoms with van der Waals surface area (Å²) in [7, 11) is 0. The van der Waals surface area contributed by atoms with Gasteiger partial charge in [-0.1, -0.05) is 29.3 Å². The normalized spacial score (nSPS) is 11.2. The van der Waals surface area contributed by atoms with Gasteiger partial charge in [-0.25, -0.2) is 18.6 Å². The Morgan fingerprint density at radius 3 is 2.60 bits per heavy atom. The van der Waals surface area contributed by atoms with Crippen LogP contribution < -0.4 is 14.2 Å². The van der Waals surface area contributed by atoms with Crippen molar-refractivity contribution in [2.75, 3.05) is 0 Å². The molecule has 0 aliphatic rings. The van der Waals surface area contributed by atoms with Crippen molar-refractivity contribution in [1.29, 1.82) is 0 Å². The van der Waals surface area contributed by atoms with Crippen LogP contribution in [0.15, 0.2) is 48.6 Å². The number of carbonyl (C=O) groups is 1. The largest absolute Gasteiger partial charge is 0.472 e. The van der Waals surface area contributed by atoms with E-state index in [1.807, 2.05) is 0 Å². The molecule has 0 atom stereocenters. The Morgan fingerprint density at radius 2 is 1.90 bits per heavy atom. The summed E-state index contributed by atoms with van der Waals surface area (Å²) in [4.78, 5) is 16.3. The van der Waals surface area contributed by atoms with Crippen LogP contribution in [0.1, 0.15) is 31.1 Å². The Morgan fingerprint density at radius 1 is 1.13 bits per heavy atom. The van der Waals surface area contributed by atoms with Gasteiger partial charge in [0.05, 0.1) is 18.1 Å². The molecule has 0 aliphatic carbocycles. The molecule has 3 aromatic rings. The summed E-state index contributed by atoms with van der Waals surface area (Å²) in [6.07, 6.45) is 1.08. The fourth-order valence-electron chi connectivity index (χ4n) is 2.38. The highest BCUT2D eigenvalue weighted by molar-refractivity contribution is 6.30. The van der Waals surface area contributed by atoms with Gasteiger partial charge in [0, 0.05) is 18.3 Å². The summed E-state index contributed by atoms with van der Waals surface area (Å²) in [5, 5.41) is 0.205. The maximum Gasteiger partial charge on any atom is 0.346 e. The first kappa shape index (κ1) is 20.1. The van der Waals surface area contributed by atoms with Crippen molar-refractivity contribution in [2.24, 2.45) is 0 Å². The molecule has 0 amide bonds. The van der Waals surface area contributed by atoms with Crippen molar-refractivity contribution in [3.05, 3.63) is 76.4 Å². The van der Waals surface area contributed by atoms with Gasteiger partial charge in [-0.15, -0.1) is 0 Å². The van der Waals surface area contributed by atoms with E-state index < -0.39 is 28.9 Å². The second-order valence-corrected chi connectivity index (χ2v) is 7.04. The van der Waals surface area contributed by atoms with Crippen molar-refractivity contribution in [3.8, 4) is 23.1 Å². The van der Waals surface area contributed by atoms with Crippen molar-refractivity contribution in [3.63, 3.8) is 0 Å². The maximum absolute atomic E-state index is 14.6. The minimum absolute atomic E-state index is 0.0201. The number of aromatic nitrogens is 1. The van der Waals surface area contributed by atoms with Crippen LogP contribution in [-0.4, -0.2) is 17.1 Å². The Kier molecular flexibility index (Phi) is 6.09. The number of aryl methyl sites for hydroxylation is 1. The van der Waals surface area contributed by atoms with Gasteiger partial charge in [0.15, 0.2) is 17.3 Å². The lowest BCUT2D eigenvalue weighted by atomic mass is 10.2. The molecule has 5 nitrogen and oxygen atoms in total. The second kappa shape index (κ2) is 9.09. The lowest BCUT2D eigenvalue weighted by molar-refractivity contribution is 0.0729. The van der Waals surface area contributed by atoms with E-state index >= 15 is 0 Å². The van der Waals surface area contributed by atoms with Gasteiger partial charge in [-0.3, -0.25) is 0 Å². The molecule has 0 spiro atoms. The molecule has 0 fully saturated rings. The van der Waals surface area contributed by atoms with Gasteiger partial charge in [0.2, 0.25) is 0 Å². The highest BCUT2D eigenvalue weighted by Gasteiger charge is 2.21. The lowest BCUT2D eigenvalue weighted by Gasteiger charge is -2.14. The van der Waals surface area contributed by atoms with E-state index in [1.165, 1.54) is 24.4 Å². The molecule has 156 valence electrons. The third kappa shape index (κ3) is 5.24. The minimum Gasteiger partial charge on any atom is -0.472 e. The SMILES string of the molecule is [2H]c1cc(C)ccc1OC(=O)c1cc(F)c(Oc2cc(Cl)cnc2OC(C)C)cc1F. The van der Waals surface area contributed by atoms with E-state index in [2.05, 4.69) is 4.98 Å². The van der Waals surface area contributed by atoms with Crippen LogP contribution in [-0.2, 0) is 0 Å². The highest BCUT2D eigenvalue weighted by atomic mass is 35.5. The zero-order valence-corrected chi connectivity index (χ0v) is 17.1. The fourth-order valence-corrected chi connectivity index (χ4v) is 2.53. The number of ether oxygens (including phenoxy) is 3. The van der Waals surface area contributed by atoms with Crippen LogP contribution >= 0.6 is 11.6 Å². The molecule has 0 saturated heterocycles. The number of halogens is 3. The molecule has 30 heavy (non-hydrogen) atoms. The van der Waals surface area contributed by atoms with Gasteiger partial charge >= 0.3 is 5.97 Å². The Balaban J connectivity index is 1.87. The van der Waals surface area contributed by atoms with Crippen LogP contribution in [0, 0.1) is 18.6 Å². The lowest BCUT2D eigenvalue weighted by Crippen LogP contribution is -2.12. The molecule has 0 aliphatic heterocycles. The molecule has 3 rings (SSSR count). The van der Waals surface area contributed by atoms with Crippen LogP contribution in [0.25, 0.3) is 0 Å². The van der Waals surface area contributed by atoms with Gasteiger partial charge in [-0.05, 0) is 38.9 Å². The summed E-state index contributed by atoms with van der Waals surface area (Å²) in [5.74, 6) is -3.77. The highest BCUT2D eigenvalue weighted by Crippen LogP contribution is 2.34. The first-order chi connectivity index (χ1) is 14.6. The van der Waals surface area contributed by atoms with E-state index in [-0.39, 0.29) is 34.5 Å². The van der Waals surface area contributed by atoms with E-state index in [0.717, 1.165) is 5.56 Å². The minimum atomic E-state index is -1.14. The molecule has 0 radical (unpaired) electrons. The number of rotatable bonds is 6. The molecular weight excluding hydrogens is 416 g/mol. The predicted molar refractivity (Wildman–Crippen MR) is 108 cm³/mol. The third-order valence-electron chi connectivity index (χ3n) is 3.74. The van der Waals surface area contributed by atoms with E-state index in [1.54, 1.807) is 26.8 Å². The standard InChI is InChI=1S/C22H18ClF2NO4/c1-12(2)28-21-20(8-14(23)11-26-21)30-19-10-17(24)16(9-18(19)25)22(27)29-15-6-4-13(3)5-7-15/h4-12H,1-3H3/i6D. The van der Waals surface area contributed by atoms with Gasteiger partial charge in [0.25, 0.3) is 5.88 Å². The van der Waals surface area contributed by atoms with Gasteiger partial charge < -0.3 is 14.2 Å². The monoisotopic (exact) mass is 434 g/mol. The van der Waals surface area contributed by atoms with Crippen molar-refractivity contribution in [1.82, 2.24) is 4.98 Å². The Bertz CT molecular complexity index is 1140. The number of hydrogen-bond donors (Lipinski definition) is 0. The van der Waals surface area contributed by atoms with E-state index in [9.17, 15) is 13.6 Å². The zero-order chi connectivity index (χ0) is 22.7. The summed E-state index contributed by atoms with van der Waals surface area (Å²) in [5.41, 5.74) is 0.146. The Hall–Kier alpha value is -3.19. The first-order valence-electron chi connectivity index (χ1n) is 9.42. The number of pyridine rings is 1. The number of nitrogens with zero attached hydrogens (tertiary/aromatic N) is 1. The molecule has 0 unspecified atom stereocenters. The molecule has 2 aromatic carbocycles. The average Bonchev–Trinajstić information content (AvgIpc) is 2.68. The fraction of sp³-hybridized carbons (Fsp3) is 0.182. The first-order valence-corrected chi connectivity index (χ1v) is 9.30. The molecule has 1 heterocycles. The maximum atomic E-state index is 14.6. The number of carbonyl (C=O) groups excluding carboxylic acids is 1. The van der Waals surface area contributed by atoms with Crippen LogP contribution in [0.3, 0.4) is 0 Å². The molecule has 0 saturated carbocycles. The van der Waals surface area contributed by atoms with Crippen molar-refractivity contribution >= 4 is 17.6 Å². The second-order valence-electron chi connectivity index (χ2n) is 6.61. The molecule has 8 heteroatoms. The third-order valence-corrected chi connectivity index (χ3v) is 3.94. The molecular formula is C22H18ClF2NO4. The van der Waals surface area contributed by atoms with Gasteiger partial charge in [0.1, 0.15) is 11.6 Å². The molecule has 0 bridgehead atoms. The van der Waals surface area contributed by atoms with E-state index in [4.69, 9.17) is 27.2 Å². The van der Waals surface area contributed by atoms with Gasteiger partial charge in [-0.2, -0.15) is 0 Å². The van der Waals surface area contributed by atoms with Crippen molar-refractivity contribution < 1.29 is 29.2 Å². The van der Waals surface area contributed by atoms with Crippen LogP contribution in [0.4, 0.5) is 8.78 Å². The number of benzene rings is 2. The smallest absolute Gasteiger partial charge is 0.346 e. The Labute approximate surface area is 178 Å². The summed E-state index contributed by atoms with van der Waals surface area (Å²) in [6.45, 7) is 5.29. The number of hydrogen-bond acceptors (Lipinski definition) is 5. The zero-order valence-electron chi connectivity index (χ0n) is 17.3. The average molecular weight is 435 g/mol. The quantitative estimate of drug-likeness (QED) is 0.345.